The number of thiophene rings is 1. The van der Waals surface area contributed by atoms with E-state index >= 15 is 0 Å². The van der Waals surface area contributed by atoms with Gasteiger partial charge in [0.25, 0.3) is 10.0 Å². The van der Waals surface area contributed by atoms with Crippen molar-refractivity contribution >= 4 is 54.6 Å². The van der Waals surface area contributed by atoms with Crippen molar-refractivity contribution < 1.29 is 8.42 Å². The minimum absolute atomic E-state index is 0.233. The van der Waals surface area contributed by atoms with E-state index in [-0.39, 0.29) is 4.21 Å². The molecular weight excluding hydrogens is 382 g/mol. The molecule has 0 aliphatic carbocycles. The van der Waals surface area contributed by atoms with E-state index in [1.54, 1.807) is 12.1 Å². The number of nitrogens with zero attached hydrogens (tertiary/aromatic N) is 1. The second-order valence-electron chi connectivity index (χ2n) is 4.19. The summed E-state index contributed by atoms with van der Waals surface area (Å²) in [4.78, 5) is 0. The SMILES string of the molecule is CCN(c1ccc(C)cc1)S(=O)(=O)c1cc(Cl)c(Br)s1. The summed E-state index contributed by atoms with van der Waals surface area (Å²) < 4.78 is 27.6. The van der Waals surface area contributed by atoms with Crippen LogP contribution in [0.4, 0.5) is 5.69 Å². The van der Waals surface area contributed by atoms with Gasteiger partial charge in [0.15, 0.2) is 0 Å². The smallest absolute Gasteiger partial charge is 0.266 e. The zero-order valence-corrected chi connectivity index (χ0v) is 14.9. The lowest BCUT2D eigenvalue weighted by Crippen LogP contribution is -2.30. The third-order valence-electron chi connectivity index (χ3n) is 2.78. The maximum Gasteiger partial charge on any atom is 0.273 e. The minimum Gasteiger partial charge on any atom is -0.266 e. The zero-order chi connectivity index (χ0) is 14.9. The Morgan fingerprint density at radius 1 is 1.30 bits per heavy atom. The van der Waals surface area contributed by atoms with Crippen molar-refractivity contribution in [1.82, 2.24) is 0 Å². The van der Waals surface area contributed by atoms with Crippen LogP contribution < -0.4 is 4.31 Å². The van der Waals surface area contributed by atoms with Gasteiger partial charge in [0, 0.05) is 6.54 Å². The average Bonchev–Trinajstić information content (AvgIpc) is 2.73. The first-order valence-corrected chi connectivity index (χ1v) is 9.33. The summed E-state index contributed by atoms with van der Waals surface area (Å²) in [5.74, 6) is 0. The Morgan fingerprint density at radius 2 is 1.90 bits per heavy atom. The van der Waals surface area contributed by atoms with Gasteiger partial charge in [-0.3, -0.25) is 4.31 Å². The number of halogens is 2. The highest BCUT2D eigenvalue weighted by Crippen LogP contribution is 2.37. The first-order valence-electron chi connectivity index (χ1n) is 5.90. The summed E-state index contributed by atoms with van der Waals surface area (Å²) in [5, 5.41) is 0.411. The quantitative estimate of drug-likeness (QED) is 0.754. The number of aryl methyl sites for hydroxylation is 1. The second-order valence-corrected chi connectivity index (χ2v) is 9.06. The molecular formula is C13H13BrClNO2S2. The van der Waals surface area contributed by atoms with Gasteiger partial charge in [-0.1, -0.05) is 29.3 Å². The van der Waals surface area contributed by atoms with E-state index in [1.165, 1.54) is 10.4 Å². The van der Waals surface area contributed by atoms with Gasteiger partial charge in [0.1, 0.15) is 4.21 Å². The van der Waals surface area contributed by atoms with E-state index in [0.29, 0.717) is 21.0 Å². The molecule has 1 aromatic carbocycles. The molecule has 0 amide bonds. The Balaban J connectivity index is 2.47. The van der Waals surface area contributed by atoms with Gasteiger partial charge in [-0.2, -0.15) is 0 Å². The normalized spacial score (nSPS) is 11.6. The zero-order valence-electron chi connectivity index (χ0n) is 10.9. The molecule has 0 saturated heterocycles. The number of hydrogen-bond acceptors (Lipinski definition) is 3. The van der Waals surface area contributed by atoms with Crippen LogP contribution in [0.2, 0.25) is 5.02 Å². The van der Waals surface area contributed by atoms with Gasteiger partial charge in [0.2, 0.25) is 0 Å². The van der Waals surface area contributed by atoms with E-state index in [0.717, 1.165) is 16.9 Å². The maximum atomic E-state index is 12.7. The van der Waals surface area contributed by atoms with E-state index < -0.39 is 10.0 Å². The van der Waals surface area contributed by atoms with Crippen molar-refractivity contribution in [2.24, 2.45) is 0 Å². The molecule has 1 aromatic heterocycles. The van der Waals surface area contributed by atoms with Crippen molar-refractivity contribution in [2.75, 3.05) is 10.8 Å². The molecule has 7 heteroatoms. The third-order valence-corrected chi connectivity index (χ3v) is 7.60. The molecule has 0 fully saturated rings. The Hall–Kier alpha value is -0.560. The Kier molecular flexibility index (Phi) is 4.79. The summed E-state index contributed by atoms with van der Waals surface area (Å²) in [6, 6.07) is 8.87. The number of anilines is 1. The lowest BCUT2D eigenvalue weighted by molar-refractivity contribution is 0.594. The fraction of sp³-hybridized carbons (Fsp3) is 0.231. The van der Waals surface area contributed by atoms with Crippen molar-refractivity contribution in [2.45, 2.75) is 18.1 Å². The molecule has 108 valence electrons. The Morgan fingerprint density at radius 3 is 2.35 bits per heavy atom. The molecule has 0 unspecified atom stereocenters. The average molecular weight is 395 g/mol. The van der Waals surface area contributed by atoms with Crippen molar-refractivity contribution in [3.63, 3.8) is 0 Å². The van der Waals surface area contributed by atoms with Crippen LogP contribution in [0.5, 0.6) is 0 Å². The molecule has 20 heavy (non-hydrogen) atoms. The van der Waals surface area contributed by atoms with Crippen LogP contribution in [-0.2, 0) is 10.0 Å². The molecule has 1 heterocycles. The summed E-state index contributed by atoms with van der Waals surface area (Å²) in [5.41, 5.74) is 1.74. The lowest BCUT2D eigenvalue weighted by atomic mass is 10.2. The molecule has 0 bridgehead atoms. The number of benzene rings is 1. The van der Waals surface area contributed by atoms with Gasteiger partial charge >= 0.3 is 0 Å². The third kappa shape index (κ3) is 3.03. The van der Waals surface area contributed by atoms with Crippen LogP contribution in [0, 0.1) is 6.92 Å². The fourth-order valence-corrected chi connectivity index (χ4v) is 5.75. The van der Waals surface area contributed by atoms with Crippen LogP contribution >= 0.6 is 38.9 Å². The Labute approximate surface area is 136 Å². The monoisotopic (exact) mass is 393 g/mol. The van der Waals surface area contributed by atoms with Crippen LogP contribution in [0.1, 0.15) is 12.5 Å². The maximum absolute atomic E-state index is 12.7. The molecule has 0 saturated carbocycles. The molecule has 0 aliphatic rings. The topological polar surface area (TPSA) is 37.4 Å². The first-order chi connectivity index (χ1) is 9.36. The van der Waals surface area contributed by atoms with E-state index in [2.05, 4.69) is 15.9 Å². The summed E-state index contributed by atoms with van der Waals surface area (Å²) in [7, 11) is -3.58. The predicted octanol–water partition coefficient (Wildman–Crippen LogP) is 4.69. The fourth-order valence-electron chi connectivity index (χ4n) is 1.76. The van der Waals surface area contributed by atoms with E-state index in [9.17, 15) is 8.42 Å². The molecule has 0 atom stereocenters. The predicted molar refractivity (Wildman–Crippen MR) is 88.4 cm³/mol. The molecule has 0 N–H and O–H groups in total. The largest absolute Gasteiger partial charge is 0.273 e. The molecule has 0 radical (unpaired) electrons. The minimum atomic E-state index is -3.58. The summed E-state index contributed by atoms with van der Waals surface area (Å²) in [6.45, 7) is 4.13. The highest BCUT2D eigenvalue weighted by molar-refractivity contribution is 9.11. The molecule has 2 rings (SSSR count). The highest BCUT2D eigenvalue weighted by Gasteiger charge is 2.26. The molecule has 0 spiro atoms. The number of sulfonamides is 1. The van der Waals surface area contributed by atoms with Gasteiger partial charge in [-0.25, -0.2) is 8.42 Å². The lowest BCUT2D eigenvalue weighted by Gasteiger charge is -2.22. The molecule has 0 aliphatic heterocycles. The second kappa shape index (κ2) is 6.05. The molecule has 3 nitrogen and oxygen atoms in total. The van der Waals surface area contributed by atoms with Crippen molar-refractivity contribution in [3.05, 3.63) is 44.7 Å². The van der Waals surface area contributed by atoms with E-state index in [1.807, 2.05) is 26.0 Å². The Bertz CT molecular complexity index is 691. The van der Waals surface area contributed by atoms with Gasteiger partial charge in [0.05, 0.1) is 14.5 Å². The van der Waals surface area contributed by atoms with Crippen molar-refractivity contribution in [3.8, 4) is 0 Å². The highest BCUT2D eigenvalue weighted by atomic mass is 79.9. The van der Waals surface area contributed by atoms with Gasteiger partial charge in [-0.15, -0.1) is 11.3 Å². The first kappa shape index (κ1) is 15.8. The van der Waals surface area contributed by atoms with Gasteiger partial charge in [-0.05, 0) is 48.0 Å². The van der Waals surface area contributed by atoms with Crippen LogP contribution in [0.3, 0.4) is 0 Å². The van der Waals surface area contributed by atoms with E-state index in [4.69, 9.17) is 11.6 Å². The van der Waals surface area contributed by atoms with Crippen molar-refractivity contribution in [1.29, 1.82) is 0 Å². The van der Waals surface area contributed by atoms with Gasteiger partial charge < -0.3 is 0 Å². The van der Waals surface area contributed by atoms with Crippen LogP contribution in [0.15, 0.2) is 38.3 Å². The number of rotatable bonds is 4. The molecule has 2 aromatic rings. The summed E-state index contributed by atoms with van der Waals surface area (Å²) >= 11 is 10.3. The van der Waals surface area contributed by atoms with Crippen LogP contribution in [-0.4, -0.2) is 15.0 Å². The summed E-state index contributed by atoms with van der Waals surface area (Å²) in [6.07, 6.45) is 0. The number of hydrogen-bond donors (Lipinski definition) is 0. The standard InChI is InChI=1S/C13H13BrClNO2S2/c1-3-16(10-6-4-9(2)5-7-10)20(17,18)12-8-11(15)13(14)19-12/h4-8H,3H2,1-2H3. The van der Waals surface area contributed by atoms with Crippen LogP contribution in [0.25, 0.3) is 0 Å².